The average Bonchev–Trinajstić information content (AvgIpc) is 2.93. The van der Waals surface area contributed by atoms with Gasteiger partial charge in [0.25, 0.3) is 0 Å². The molecule has 1 amide bonds. The summed E-state index contributed by atoms with van der Waals surface area (Å²) in [4.78, 5) is 24.6. The van der Waals surface area contributed by atoms with Crippen LogP contribution in [0.1, 0.15) is 11.5 Å². The molecule has 0 spiro atoms. The molecule has 1 saturated heterocycles. The van der Waals surface area contributed by atoms with Gasteiger partial charge in [-0.05, 0) is 13.0 Å². The van der Waals surface area contributed by atoms with Gasteiger partial charge in [0, 0.05) is 44.6 Å². The fraction of sp³-hybridized carbons (Fsp3) is 0.429. The van der Waals surface area contributed by atoms with Crippen molar-refractivity contribution in [3.8, 4) is 0 Å². The van der Waals surface area contributed by atoms with Gasteiger partial charge in [-0.1, -0.05) is 5.16 Å². The van der Waals surface area contributed by atoms with Crippen molar-refractivity contribution in [2.45, 2.75) is 13.3 Å². The minimum atomic E-state index is 0.0805. The molecular formula is C14H17N5O2. The van der Waals surface area contributed by atoms with E-state index in [0.717, 1.165) is 24.8 Å². The van der Waals surface area contributed by atoms with Gasteiger partial charge in [0.15, 0.2) is 0 Å². The molecule has 2 aromatic heterocycles. The second-order valence-corrected chi connectivity index (χ2v) is 5.02. The number of carbonyl (C=O) groups excluding carboxylic acids is 1. The highest BCUT2D eigenvalue weighted by molar-refractivity contribution is 5.78. The molecule has 3 rings (SSSR count). The second kappa shape index (κ2) is 5.90. The topological polar surface area (TPSA) is 75.4 Å². The third-order valence-corrected chi connectivity index (χ3v) is 3.48. The average molecular weight is 287 g/mol. The minimum Gasteiger partial charge on any atom is -0.361 e. The highest BCUT2D eigenvalue weighted by atomic mass is 16.5. The number of amides is 1. The Morgan fingerprint density at radius 1 is 1.24 bits per heavy atom. The van der Waals surface area contributed by atoms with E-state index in [0.29, 0.717) is 25.2 Å². The zero-order valence-electron chi connectivity index (χ0n) is 11.9. The number of hydrogen-bond acceptors (Lipinski definition) is 6. The summed E-state index contributed by atoms with van der Waals surface area (Å²) >= 11 is 0. The van der Waals surface area contributed by atoms with Crippen LogP contribution in [-0.4, -0.2) is 52.1 Å². The third kappa shape index (κ3) is 3.18. The summed E-state index contributed by atoms with van der Waals surface area (Å²) < 4.78 is 4.98. The SMILES string of the molecule is Cc1cc(CC(=O)N2CCN(c3ncccn3)CC2)no1. The van der Waals surface area contributed by atoms with Crippen LogP contribution in [0, 0.1) is 6.92 Å². The lowest BCUT2D eigenvalue weighted by Crippen LogP contribution is -2.49. The van der Waals surface area contributed by atoms with Crippen LogP contribution in [0.4, 0.5) is 5.95 Å². The highest BCUT2D eigenvalue weighted by Crippen LogP contribution is 2.11. The normalized spacial score (nSPS) is 15.3. The van der Waals surface area contributed by atoms with Crippen LogP contribution in [-0.2, 0) is 11.2 Å². The van der Waals surface area contributed by atoms with Crippen LogP contribution in [0.3, 0.4) is 0 Å². The predicted molar refractivity (Wildman–Crippen MR) is 75.8 cm³/mol. The quantitative estimate of drug-likeness (QED) is 0.825. The van der Waals surface area contributed by atoms with Crippen molar-refractivity contribution in [1.82, 2.24) is 20.0 Å². The number of carbonyl (C=O) groups is 1. The molecule has 110 valence electrons. The predicted octanol–water partition coefficient (Wildman–Crippen LogP) is 0.664. The van der Waals surface area contributed by atoms with Crippen molar-refractivity contribution in [2.24, 2.45) is 0 Å². The molecule has 0 aliphatic carbocycles. The number of anilines is 1. The van der Waals surface area contributed by atoms with E-state index in [1.807, 2.05) is 11.8 Å². The van der Waals surface area contributed by atoms with Gasteiger partial charge < -0.3 is 14.3 Å². The van der Waals surface area contributed by atoms with Crippen LogP contribution in [0.5, 0.6) is 0 Å². The molecule has 1 fully saturated rings. The van der Waals surface area contributed by atoms with E-state index in [1.54, 1.807) is 24.5 Å². The Hall–Kier alpha value is -2.44. The lowest BCUT2D eigenvalue weighted by atomic mass is 10.2. The van der Waals surface area contributed by atoms with Crippen molar-refractivity contribution in [3.63, 3.8) is 0 Å². The zero-order valence-corrected chi connectivity index (χ0v) is 11.9. The second-order valence-electron chi connectivity index (χ2n) is 5.02. The summed E-state index contributed by atoms with van der Waals surface area (Å²) in [6.45, 7) is 4.66. The van der Waals surface area contributed by atoms with E-state index in [2.05, 4.69) is 20.0 Å². The Bertz CT molecular complexity index is 605. The van der Waals surface area contributed by atoms with Gasteiger partial charge in [-0.2, -0.15) is 0 Å². The number of rotatable bonds is 3. The molecule has 0 bridgehead atoms. The first-order chi connectivity index (χ1) is 10.2. The summed E-state index contributed by atoms with van der Waals surface area (Å²) in [5.41, 5.74) is 0.686. The highest BCUT2D eigenvalue weighted by Gasteiger charge is 2.23. The van der Waals surface area contributed by atoms with Gasteiger partial charge in [0.1, 0.15) is 5.76 Å². The van der Waals surface area contributed by atoms with Gasteiger partial charge in [0.05, 0.1) is 12.1 Å². The van der Waals surface area contributed by atoms with Gasteiger partial charge in [-0.15, -0.1) is 0 Å². The summed E-state index contributed by atoms with van der Waals surface area (Å²) in [7, 11) is 0. The summed E-state index contributed by atoms with van der Waals surface area (Å²) in [6, 6.07) is 3.59. The van der Waals surface area contributed by atoms with Gasteiger partial charge in [0.2, 0.25) is 11.9 Å². The molecule has 0 aromatic carbocycles. The standard InChI is InChI=1S/C14H17N5O2/c1-11-9-12(17-21-11)10-13(20)18-5-7-19(8-6-18)14-15-3-2-4-16-14/h2-4,9H,5-8,10H2,1H3. The van der Waals surface area contributed by atoms with Gasteiger partial charge in [-0.25, -0.2) is 9.97 Å². The molecule has 0 N–H and O–H groups in total. The van der Waals surface area contributed by atoms with Gasteiger partial charge in [-0.3, -0.25) is 4.79 Å². The van der Waals surface area contributed by atoms with Crippen molar-refractivity contribution >= 4 is 11.9 Å². The molecular weight excluding hydrogens is 270 g/mol. The van der Waals surface area contributed by atoms with Crippen molar-refractivity contribution in [1.29, 1.82) is 0 Å². The van der Waals surface area contributed by atoms with Crippen molar-refractivity contribution in [3.05, 3.63) is 36.0 Å². The first-order valence-electron chi connectivity index (χ1n) is 6.94. The maximum Gasteiger partial charge on any atom is 0.228 e. The molecule has 1 aliphatic heterocycles. The molecule has 0 atom stereocenters. The Labute approximate surface area is 122 Å². The van der Waals surface area contributed by atoms with E-state index in [1.165, 1.54) is 0 Å². The molecule has 7 nitrogen and oxygen atoms in total. The molecule has 0 radical (unpaired) electrons. The number of hydrogen-bond donors (Lipinski definition) is 0. The Morgan fingerprint density at radius 2 is 1.95 bits per heavy atom. The monoisotopic (exact) mass is 287 g/mol. The fourth-order valence-corrected chi connectivity index (χ4v) is 2.38. The minimum absolute atomic E-state index is 0.0805. The van der Waals surface area contributed by atoms with E-state index < -0.39 is 0 Å². The van der Waals surface area contributed by atoms with E-state index in [4.69, 9.17) is 4.52 Å². The lowest BCUT2D eigenvalue weighted by molar-refractivity contribution is -0.130. The third-order valence-electron chi connectivity index (χ3n) is 3.48. The van der Waals surface area contributed by atoms with Crippen LogP contribution in [0.25, 0.3) is 0 Å². The lowest BCUT2D eigenvalue weighted by Gasteiger charge is -2.34. The van der Waals surface area contributed by atoms with Crippen molar-refractivity contribution in [2.75, 3.05) is 31.1 Å². The van der Waals surface area contributed by atoms with E-state index >= 15 is 0 Å². The van der Waals surface area contributed by atoms with Gasteiger partial charge >= 0.3 is 0 Å². The van der Waals surface area contributed by atoms with Crippen LogP contribution >= 0.6 is 0 Å². The van der Waals surface area contributed by atoms with Crippen LogP contribution in [0.2, 0.25) is 0 Å². The maximum absolute atomic E-state index is 12.2. The molecule has 21 heavy (non-hydrogen) atoms. The number of piperazine rings is 1. The molecule has 0 unspecified atom stereocenters. The zero-order chi connectivity index (χ0) is 14.7. The number of nitrogens with zero attached hydrogens (tertiary/aromatic N) is 5. The molecule has 0 saturated carbocycles. The Balaban J connectivity index is 1.54. The fourth-order valence-electron chi connectivity index (χ4n) is 2.38. The van der Waals surface area contributed by atoms with Crippen molar-refractivity contribution < 1.29 is 9.32 Å². The number of aryl methyl sites for hydroxylation is 1. The summed E-state index contributed by atoms with van der Waals surface area (Å²) in [6.07, 6.45) is 3.75. The maximum atomic E-state index is 12.2. The number of aromatic nitrogens is 3. The smallest absolute Gasteiger partial charge is 0.228 e. The summed E-state index contributed by atoms with van der Waals surface area (Å²) in [5, 5.41) is 3.86. The summed E-state index contributed by atoms with van der Waals surface area (Å²) in [5.74, 6) is 1.53. The molecule has 2 aromatic rings. The first kappa shape index (κ1) is 13.5. The molecule has 1 aliphatic rings. The van der Waals surface area contributed by atoms with Crippen LogP contribution < -0.4 is 4.90 Å². The Morgan fingerprint density at radius 3 is 2.57 bits per heavy atom. The van der Waals surface area contributed by atoms with E-state index in [9.17, 15) is 4.79 Å². The van der Waals surface area contributed by atoms with E-state index in [-0.39, 0.29) is 5.91 Å². The van der Waals surface area contributed by atoms with Crippen LogP contribution in [0.15, 0.2) is 29.0 Å². The first-order valence-corrected chi connectivity index (χ1v) is 6.94. The largest absolute Gasteiger partial charge is 0.361 e. The Kier molecular flexibility index (Phi) is 3.81. The molecule has 3 heterocycles. The molecule has 7 heteroatoms.